The monoisotopic (exact) mass is 213 g/mol. The third kappa shape index (κ3) is 2.16. The van der Waals surface area contributed by atoms with E-state index in [1.54, 1.807) is 11.3 Å². The minimum Gasteiger partial charge on any atom is -0.396 e. The molecular weight excluding hydrogens is 194 g/mol. The summed E-state index contributed by atoms with van der Waals surface area (Å²) in [5.74, 6) is 0. The van der Waals surface area contributed by atoms with Crippen LogP contribution in [0, 0.1) is 0 Å². The summed E-state index contributed by atoms with van der Waals surface area (Å²) < 4.78 is 0. The van der Waals surface area contributed by atoms with Crippen molar-refractivity contribution in [1.82, 2.24) is 0 Å². The van der Waals surface area contributed by atoms with Gasteiger partial charge in [0, 0.05) is 18.1 Å². The molecule has 3 heteroatoms. The van der Waals surface area contributed by atoms with E-state index in [2.05, 4.69) is 30.7 Å². The van der Waals surface area contributed by atoms with E-state index in [-0.39, 0.29) is 18.1 Å². The summed E-state index contributed by atoms with van der Waals surface area (Å²) in [5, 5.41) is 13.3. The van der Waals surface area contributed by atoms with E-state index >= 15 is 0 Å². The minimum absolute atomic E-state index is 0.0799. The fraction of sp³-hybridized carbons (Fsp3) is 0.636. The van der Waals surface area contributed by atoms with Gasteiger partial charge >= 0.3 is 0 Å². The molecule has 14 heavy (non-hydrogen) atoms. The summed E-state index contributed by atoms with van der Waals surface area (Å²) in [4.78, 5) is 0. The lowest BCUT2D eigenvalue weighted by Gasteiger charge is -2.34. The summed E-state index contributed by atoms with van der Waals surface area (Å²) in [7, 11) is 0. The first-order valence-corrected chi connectivity index (χ1v) is 5.98. The molecule has 0 fully saturated rings. The quantitative estimate of drug-likeness (QED) is 0.787. The van der Waals surface area contributed by atoms with Crippen molar-refractivity contribution in [2.45, 2.75) is 38.1 Å². The Morgan fingerprint density at radius 3 is 2.79 bits per heavy atom. The molecular formula is C11H19NOS. The number of nitrogens with two attached hydrogens (primary N) is 1. The number of aliphatic hydroxyl groups excluding tert-OH is 1. The molecule has 2 atom stereocenters. The van der Waals surface area contributed by atoms with Crippen LogP contribution >= 0.6 is 11.3 Å². The van der Waals surface area contributed by atoms with Crippen LogP contribution in [0.4, 0.5) is 0 Å². The highest BCUT2D eigenvalue weighted by atomic mass is 32.1. The van der Waals surface area contributed by atoms with Gasteiger partial charge in [0.25, 0.3) is 0 Å². The van der Waals surface area contributed by atoms with Crippen LogP contribution in [-0.4, -0.2) is 17.8 Å². The van der Waals surface area contributed by atoms with Crippen LogP contribution in [0.3, 0.4) is 0 Å². The Morgan fingerprint density at radius 1 is 1.64 bits per heavy atom. The van der Waals surface area contributed by atoms with Gasteiger partial charge in [-0.25, -0.2) is 0 Å². The fourth-order valence-electron chi connectivity index (χ4n) is 1.82. The number of thiophene rings is 1. The Morgan fingerprint density at radius 2 is 2.36 bits per heavy atom. The summed E-state index contributed by atoms with van der Waals surface area (Å²) in [6, 6.07) is 2.22. The first kappa shape index (κ1) is 11.7. The van der Waals surface area contributed by atoms with Crippen LogP contribution in [-0.2, 0) is 5.41 Å². The highest BCUT2D eigenvalue weighted by molar-refractivity contribution is 7.08. The maximum Gasteiger partial charge on any atom is 0.0440 e. The molecule has 0 bridgehead atoms. The molecule has 0 amide bonds. The van der Waals surface area contributed by atoms with Crippen molar-refractivity contribution in [2.75, 3.05) is 6.61 Å². The molecule has 0 aromatic carbocycles. The van der Waals surface area contributed by atoms with E-state index in [0.29, 0.717) is 0 Å². The van der Waals surface area contributed by atoms with Crippen molar-refractivity contribution in [2.24, 2.45) is 5.73 Å². The lowest BCUT2D eigenvalue weighted by molar-refractivity contribution is 0.223. The van der Waals surface area contributed by atoms with Crippen LogP contribution in [0.1, 0.15) is 32.3 Å². The zero-order chi connectivity index (χ0) is 10.6. The van der Waals surface area contributed by atoms with Gasteiger partial charge < -0.3 is 10.8 Å². The lowest BCUT2D eigenvalue weighted by Crippen LogP contribution is -2.43. The van der Waals surface area contributed by atoms with Gasteiger partial charge in [-0.1, -0.05) is 13.8 Å². The molecule has 0 radical (unpaired) electrons. The molecule has 0 aliphatic rings. The average molecular weight is 213 g/mol. The van der Waals surface area contributed by atoms with Crippen molar-refractivity contribution >= 4 is 11.3 Å². The van der Waals surface area contributed by atoms with Gasteiger partial charge in [-0.15, -0.1) is 0 Å². The van der Waals surface area contributed by atoms with Crippen molar-refractivity contribution in [3.8, 4) is 0 Å². The van der Waals surface area contributed by atoms with Crippen LogP contribution in [0.15, 0.2) is 16.8 Å². The molecule has 0 saturated heterocycles. The number of rotatable bonds is 5. The Kier molecular flexibility index (Phi) is 4.11. The molecule has 0 spiro atoms. The predicted octanol–water partition coefficient (Wildman–Crippen LogP) is 2.13. The largest absolute Gasteiger partial charge is 0.396 e. The molecule has 1 aromatic rings. The van der Waals surface area contributed by atoms with Crippen LogP contribution in [0.5, 0.6) is 0 Å². The van der Waals surface area contributed by atoms with Crippen molar-refractivity contribution in [1.29, 1.82) is 0 Å². The van der Waals surface area contributed by atoms with E-state index in [4.69, 9.17) is 10.8 Å². The summed E-state index contributed by atoms with van der Waals surface area (Å²) >= 11 is 1.68. The topological polar surface area (TPSA) is 46.2 Å². The van der Waals surface area contributed by atoms with E-state index in [1.807, 2.05) is 0 Å². The molecule has 0 saturated carbocycles. The molecule has 80 valence electrons. The average Bonchev–Trinajstić information content (AvgIpc) is 2.70. The fourth-order valence-corrected chi connectivity index (χ4v) is 2.61. The maximum absolute atomic E-state index is 9.09. The summed E-state index contributed by atoms with van der Waals surface area (Å²) in [6.07, 6.45) is 1.67. The lowest BCUT2D eigenvalue weighted by atomic mass is 9.74. The van der Waals surface area contributed by atoms with E-state index in [9.17, 15) is 0 Å². The predicted molar refractivity (Wildman–Crippen MR) is 61.6 cm³/mol. The van der Waals surface area contributed by atoms with Gasteiger partial charge in [0.15, 0.2) is 0 Å². The zero-order valence-electron chi connectivity index (χ0n) is 8.86. The van der Waals surface area contributed by atoms with E-state index in [0.717, 1.165) is 12.8 Å². The summed E-state index contributed by atoms with van der Waals surface area (Å²) in [6.45, 7) is 4.42. The van der Waals surface area contributed by atoms with Gasteiger partial charge in [0.1, 0.15) is 0 Å². The Hall–Kier alpha value is -0.380. The standard InChI is InChI=1S/C11H19NOS/c1-3-10(12)11(2,5-6-13)9-4-7-14-8-9/h4,7-8,10,13H,3,5-6,12H2,1-2H3. The van der Waals surface area contributed by atoms with Crippen LogP contribution < -0.4 is 5.73 Å². The second kappa shape index (κ2) is 4.91. The third-order valence-corrected chi connectivity index (χ3v) is 3.75. The number of hydrogen-bond donors (Lipinski definition) is 2. The van der Waals surface area contributed by atoms with Gasteiger partial charge in [-0.2, -0.15) is 11.3 Å². The zero-order valence-corrected chi connectivity index (χ0v) is 9.68. The second-order valence-corrected chi connectivity index (χ2v) is 4.70. The highest BCUT2D eigenvalue weighted by Gasteiger charge is 2.32. The molecule has 0 aliphatic heterocycles. The van der Waals surface area contributed by atoms with Gasteiger partial charge in [-0.3, -0.25) is 0 Å². The van der Waals surface area contributed by atoms with Crippen LogP contribution in [0.25, 0.3) is 0 Å². The first-order valence-electron chi connectivity index (χ1n) is 5.04. The summed E-state index contributed by atoms with van der Waals surface area (Å²) in [5.41, 5.74) is 7.30. The first-order chi connectivity index (χ1) is 6.65. The van der Waals surface area contributed by atoms with E-state index in [1.165, 1.54) is 5.56 Å². The minimum atomic E-state index is -0.0799. The number of aliphatic hydroxyl groups is 1. The molecule has 2 nitrogen and oxygen atoms in total. The Balaban J connectivity index is 2.92. The molecule has 2 unspecified atom stereocenters. The molecule has 3 N–H and O–H groups in total. The van der Waals surface area contributed by atoms with Gasteiger partial charge in [-0.05, 0) is 35.2 Å². The Bertz CT molecular complexity index is 260. The normalized spacial score (nSPS) is 17.7. The van der Waals surface area contributed by atoms with Crippen LogP contribution in [0.2, 0.25) is 0 Å². The third-order valence-electron chi connectivity index (χ3n) is 3.07. The molecule has 1 rings (SSSR count). The van der Waals surface area contributed by atoms with E-state index < -0.39 is 0 Å². The number of hydrogen-bond acceptors (Lipinski definition) is 3. The molecule has 1 heterocycles. The SMILES string of the molecule is CCC(N)C(C)(CCO)c1ccsc1. The van der Waals surface area contributed by atoms with Crippen molar-refractivity contribution in [3.63, 3.8) is 0 Å². The highest BCUT2D eigenvalue weighted by Crippen LogP contribution is 2.32. The van der Waals surface area contributed by atoms with Gasteiger partial charge in [0.2, 0.25) is 0 Å². The maximum atomic E-state index is 9.09. The second-order valence-electron chi connectivity index (χ2n) is 3.92. The molecule has 0 aliphatic carbocycles. The molecule has 1 aromatic heterocycles. The van der Waals surface area contributed by atoms with Crippen molar-refractivity contribution in [3.05, 3.63) is 22.4 Å². The van der Waals surface area contributed by atoms with Gasteiger partial charge in [0.05, 0.1) is 0 Å². The van der Waals surface area contributed by atoms with Crippen molar-refractivity contribution < 1.29 is 5.11 Å². The smallest absolute Gasteiger partial charge is 0.0440 e. The Labute approximate surface area is 89.8 Å².